The van der Waals surface area contributed by atoms with Crippen LogP contribution in [0.1, 0.15) is 30.5 Å². The third-order valence-electron chi connectivity index (χ3n) is 3.11. The van der Waals surface area contributed by atoms with Crippen molar-refractivity contribution in [1.29, 1.82) is 0 Å². The van der Waals surface area contributed by atoms with Crippen molar-refractivity contribution in [3.8, 4) is 0 Å². The van der Waals surface area contributed by atoms with Gasteiger partial charge in [-0.15, -0.1) is 0 Å². The molecule has 2 N–H and O–H groups in total. The van der Waals surface area contributed by atoms with E-state index >= 15 is 0 Å². The standard InChI is InChI=1S/C13H20N2/c1-3-13(15-12-8-14-9-12)11-6-4-10(2)5-7-11/h4-7,12-15H,3,8-9H2,1-2H3. The van der Waals surface area contributed by atoms with E-state index in [0.29, 0.717) is 12.1 Å². The minimum atomic E-state index is 0.512. The summed E-state index contributed by atoms with van der Waals surface area (Å²) in [6.45, 7) is 6.60. The molecular formula is C13H20N2. The topological polar surface area (TPSA) is 24.1 Å². The molecule has 82 valence electrons. The quantitative estimate of drug-likeness (QED) is 0.784. The second-order valence-electron chi connectivity index (χ2n) is 4.39. The van der Waals surface area contributed by atoms with Crippen molar-refractivity contribution in [3.63, 3.8) is 0 Å². The van der Waals surface area contributed by atoms with Crippen LogP contribution >= 0.6 is 0 Å². The largest absolute Gasteiger partial charge is 0.314 e. The highest BCUT2D eigenvalue weighted by molar-refractivity contribution is 5.24. The van der Waals surface area contributed by atoms with Crippen LogP contribution in [0.2, 0.25) is 0 Å². The molecule has 2 rings (SSSR count). The van der Waals surface area contributed by atoms with E-state index < -0.39 is 0 Å². The number of hydrogen-bond donors (Lipinski definition) is 2. The van der Waals surface area contributed by atoms with E-state index in [4.69, 9.17) is 0 Å². The van der Waals surface area contributed by atoms with E-state index in [1.807, 2.05) is 0 Å². The van der Waals surface area contributed by atoms with Crippen molar-refractivity contribution < 1.29 is 0 Å². The average Bonchev–Trinajstić information content (AvgIpc) is 2.19. The first-order valence-electron chi connectivity index (χ1n) is 5.83. The first kappa shape index (κ1) is 10.7. The second-order valence-corrected chi connectivity index (χ2v) is 4.39. The number of hydrogen-bond acceptors (Lipinski definition) is 2. The molecule has 2 nitrogen and oxygen atoms in total. The highest BCUT2D eigenvalue weighted by atomic mass is 15.1. The van der Waals surface area contributed by atoms with Gasteiger partial charge in [-0.3, -0.25) is 0 Å². The van der Waals surface area contributed by atoms with E-state index in [-0.39, 0.29) is 0 Å². The van der Waals surface area contributed by atoms with Gasteiger partial charge in [0.1, 0.15) is 0 Å². The van der Waals surface area contributed by atoms with Crippen LogP contribution in [0.3, 0.4) is 0 Å². The van der Waals surface area contributed by atoms with E-state index in [0.717, 1.165) is 19.5 Å². The molecule has 1 aliphatic rings. The normalized spacial score (nSPS) is 18.5. The fourth-order valence-electron chi connectivity index (χ4n) is 1.94. The molecule has 0 radical (unpaired) electrons. The SMILES string of the molecule is CCC(NC1CNC1)c1ccc(C)cc1. The van der Waals surface area contributed by atoms with Crippen LogP contribution in [0.5, 0.6) is 0 Å². The minimum Gasteiger partial charge on any atom is -0.314 e. The molecule has 1 heterocycles. The Labute approximate surface area is 92.1 Å². The fraction of sp³-hybridized carbons (Fsp3) is 0.538. The highest BCUT2D eigenvalue weighted by Gasteiger charge is 2.20. The lowest BCUT2D eigenvalue weighted by Crippen LogP contribution is -2.56. The number of nitrogens with one attached hydrogen (secondary N) is 2. The van der Waals surface area contributed by atoms with Crippen molar-refractivity contribution >= 4 is 0 Å². The molecule has 1 fully saturated rings. The van der Waals surface area contributed by atoms with Crippen LogP contribution in [0.15, 0.2) is 24.3 Å². The van der Waals surface area contributed by atoms with Crippen LogP contribution in [0, 0.1) is 6.92 Å². The van der Waals surface area contributed by atoms with Crippen LogP contribution in [0.4, 0.5) is 0 Å². The summed E-state index contributed by atoms with van der Waals surface area (Å²) in [7, 11) is 0. The summed E-state index contributed by atoms with van der Waals surface area (Å²) >= 11 is 0. The first-order valence-corrected chi connectivity index (χ1v) is 5.83. The molecule has 0 aliphatic carbocycles. The lowest BCUT2D eigenvalue weighted by molar-refractivity contribution is 0.325. The summed E-state index contributed by atoms with van der Waals surface area (Å²) in [5, 5.41) is 6.97. The molecule has 1 aromatic carbocycles. The zero-order chi connectivity index (χ0) is 10.7. The molecule has 15 heavy (non-hydrogen) atoms. The van der Waals surface area contributed by atoms with Gasteiger partial charge in [-0.2, -0.15) is 0 Å². The van der Waals surface area contributed by atoms with Crippen molar-refractivity contribution in [3.05, 3.63) is 35.4 Å². The van der Waals surface area contributed by atoms with Gasteiger partial charge in [0.05, 0.1) is 0 Å². The molecule has 1 aromatic rings. The lowest BCUT2D eigenvalue weighted by Gasteiger charge is -2.32. The average molecular weight is 204 g/mol. The zero-order valence-electron chi connectivity index (χ0n) is 9.59. The monoisotopic (exact) mass is 204 g/mol. The Morgan fingerprint density at radius 1 is 1.33 bits per heavy atom. The third-order valence-corrected chi connectivity index (χ3v) is 3.11. The Morgan fingerprint density at radius 2 is 2.00 bits per heavy atom. The van der Waals surface area contributed by atoms with Gasteiger partial charge in [0.15, 0.2) is 0 Å². The van der Waals surface area contributed by atoms with Crippen molar-refractivity contribution in [1.82, 2.24) is 10.6 Å². The van der Waals surface area contributed by atoms with Gasteiger partial charge in [0.25, 0.3) is 0 Å². The Bertz CT molecular complexity index is 301. The highest BCUT2D eigenvalue weighted by Crippen LogP contribution is 2.18. The van der Waals surface area contributed by atoms with E-state index in [2.05, 4.69) is 48.7 Å². The number of rotatable bonds is 4. The zero-order valence-corrected chi connectivity index (χ0v) is 9.59. The predicted molar refractivity (Wildman–Crippen MR) is 64.0 cm³/mol. The molecule has 1 aliphatic heterocycles. The summed E-state index contributed by atoms with van der Waals surface area (Å²) in [6, 6.07) is 10.0. The van der Waals surface area contributed by atoms with Gasteiger partial charge in [0.2, 0.25) is 0 Å². The lowest BCUT2D eigenvalue weighted by atomic mass is 10.0. The van der Waals surface area contributed by atoms with E-state index in [9.17, 15) is 0 Å². The number of benzene rings is 1. The maximum absolute atomic E-state index is 3.68. The van der Waals surface area contributed by atoms with E-state index in [1.54, 1.807) is 0 Å². The fourth-order valence-corrected chi connectivity index (χ4v) is 1.94. The summed E-state index contributed by atoms with van der Waals surface area (Å²) in [4.78, 5) is 0. The summed E-state index contributed by atoms with van der Waals surface area (Å²) in [5.74, 6) is 0. The third kappa shape index (κ3) is 2.58. The van der Waals surface area contributed by atoms with Crippen LogP contribution < -0.4 is 10.6 Å². The maximum Gasteiger partial charge on any atom is 0.0323 e. The number of aryl methyl sites for hydroxylation is 1. The van der Waals surface area contributed by atoms with Crippen molar-refractivity contribution in [2.24, 2.45) is 0 Å². The predicted octanol–water partition coefficient (Wildman–Crippen LogP) is 2.01. The van der Waals surface area contributed by atoms with Crippen molar-refractivity contribution in [2.75, 3.05) is 13.1 Å². The summed E-state index contributed by atoms with van der Waals surface area (Å²) in [6.07, 6.45) is 1.15. The van der Waals surface area contributed by atoms with Gasteiger partial charge in [0, 0.05) is 25.2 Å². The molecule has 0 saturated carbocycles. The van der Waals surface area contributed by atoms with Gasteiger partial charge in [-0.05, 0) is 18.9 Å². The molecule has 2 heteroatoms. The van der Waals surface area contributed by atoms with Crippen LogP contribution in [-0.2, 0) is 0 Å². The molecule has 1 unspecified atom stereocenters. The Morgan fingerprint density at radius 3 is 2.47 bits per heavy atom. The van der Waals surface area contributed by atoms with Crippen LogP contribution in [0.25, 0.3) is 0 Å². The summed E-state index contributed by atoms with van der Waals surface area (Å²) < 4.78 is 0. The molecule has 1 atom stereocenters. The van der Waals surface area contributed by atoms with Gasteiger partial charge in [-0.1, -0.05) is 36.8 Å². The van der Waals surface area contributed by atoms with Crippen LogP contribution in [-0.4, -0.2) is 19.1 Å². The molecule has 0 bridgehead atoms. The Balaban J connectivity index is 2.01. The minimum absolute atomic E-state index is 0.512. The van der Waals surface area contributed by atoms with E-state index in [1.165, 1.54) is 11.1 Å². The van der Waals surface area contributed by atoms with Crippen molar-refractivity contribution in [2.45, 2.75) is 32.4 Å². The Kier molecular flexibility index (Phi) is 3.39. The second kappa shape index (κ2) is 4.77. The summed E-state index contributed by atoms with van der Waals surface area (Å²) in [5.41, 5.74) is 2.74. The van der Waals surface area contributed by atoms with Gasteiger partial charge in [-0.25, -0.2) is 0 Å². The first-order chi connectivity index (χ1) is 7.29. The van der Waals surface area contributed by atoms with Gasteiger partial charge < -0.3 is 10.6 Å². The molecule has 0 amide bonds. The van der Waals surface area contributed by atoms with Gasteiger partial charge >= 0.3 is 0 Å². The molecule has 0 aromatic heterocycles. The maximum atomic E-state index is 3.68. The molecule has 0 spiro atoms. The Hall–Kier alpha value is -0.860. The smallest absolute Gasteiger partial charge is 0.0323 e. The molecule has 1 saturated heterocycles. The molecular weight excluding hydrogens is 184 g/mol.